The summed E-state index contributed by atoms with van der Waals surface area (Å²) >= 11 is 0. The van der Waals surface area contributed by atoms with Crippen LogP contribution in [0.3, 0.4) is 0 Å². The first kappa shape index (κ1) is 12.6. The SMILES string of the molecule is Cc1cccc(CCC(=O)NC2(C(=O)O)CC2)c1. The van der Waals surface area contributed by atoms with E-state index in [0.29, 0.717) is 25.7 Å². The molecule has 0 unspecified atom stereocenters. The summed E-state index contributed by atoms with van der Waals surface area (Å²) in [5, 5.41) is 11.6. The third-order valence-electron chi connectivity index (χ3n) is 3.26. The topological polar surface area (TPSA) is 66.4 Å². The summed E-state index contributed by atoms with van der Waals surface area (Å²) < 4.78 is 0. The Morgan fingerprint density at radius 1 is 1.39 bits per heavy atom. The fourth-order valence-electron chi connectivity index (χ4n) is 1.97. The molecule has 0 aliphatic heterocycles. The molecule has 2 N–H and O–H groups in total. The van der Waals surface area contributed by atoms with Gasteiger partial charge in [0.15, 0.2) is 0 Å². The molecule has 18 heavy (non-hydrogen) atoms. The highest BCUT2D eigenvalue weighted by Gasteiger charge is 2.51. The smallest absolute Gasteiger partial charge is 0.329 e. The maximum absolute atomic E-state index is 11.7. The van der Waals surface area contributed by atoms with E-state index >= 15 is 0 Å². The third kappa shape index (κ3) is 2.88. The van der Waals surface area contributed by atoms with Crippen molar-refractivity contribution in [1.29, 1.82) is 0 Å². The first-order valence-corrected chi connectivity index (χ1v) is 6.12. The number of benzene rings is 1. The van der Waals surface area contributed by atoms with Crippen LogP contribution in [0.25, 0.3) is 0 Å². The summed E-state index contributed by atoms with van der Waals surface area (Å²) in [6, 6.07) is 7.98. The number of carboxylic acids is 1. The van der Waals surface area contributed by atoms with Crippen LogP contribution in [-0.2, 0) is 16.0 Å². The molecule has 2 rings (SSSR count). The lowest BCUT2D eigenvalue weighted by Gasteiger charge is -2.12. The largest absolute Gasteiger partial charge is 0.480 e. The minimum absolute atomic E-state index is 0.184. The number of amides is 1. The second-order valence-corrected chi connectivity index (χ2v) is 4.92. The van der Waals surface area contributed by atoms with Crippen molar-refractivity contribution in [1.82, 2.24) is 5.32 Å². The number of aryl methyl sites for hydroxylation is 2. The molecule has 1 aromatic rings. The standard InChI is InChI=1S/C14H17NO3/c1-10-3-2-4-11(9-10)5-6-12(16)15-14(7-8-14)13(17)18/h2-4,9H,5-8H2,1H3,(H,15,16)(H,17,18). The van der Waals surface area contributed by atoms with E-state index in [-0.39, 0.29) is 5.91 Å². The molecular formula is C14H17NO3. The summed E-state index contributed by atoms with van der Waals surface area (Å²) in [5.74, 6) is -1.11. The summed E-state index contributed by atoms with van der Waals surface area (Å²) in [6.07, 6.45) is 2.05. The van der Waals surface area contributed by atoms with Crippen molar-refractivity contribution in [2.45, 2.75) is 38.1 Å². The Kier molecular flexibility index (Phi) is 3.36. The molecule has 1 fully saturated rings. The van der Waals surface area contributed by atoms with Crippen molar-refractivity contribution in [3.05, 3.63) is 35.4 Å². The van der Waals surface area contributed by atoms with Gasteiger partial charge in [0, 0.05) is 6.42 Å². The Hall–Kier alpha value is -1.84. The maximum atomic E-state index is 11.7. The summed E-state index contributed by atoms with van der Waals surface area (Å²) in [5.41, 5.74) is 1.30. The van der Waals surface area contributed by atoms with E-state index < -0.39 is 11.5 Å². The minimum atomic E-state index is -0.969. The highest BCUT2D eigenvalue weighted by atomic mass is 16.4. The summed E-state index contributed by atoms with van der Waals surface area (Å²) in [4.78, 5) is 22.6. The molecule has 0 saturated heterocycles. The zero-order valence-corrected chi connectivity index (χ0v) is 10.4. The van der Waals surface area contributed by atoms with Gasteiger partial charge in [-0.1, -0.05) is 29.8 Å². The van der Waals surface area contributed by atoms with Crippen LogP contribution in [0.4, 0.5) is 0 Å². The highest BCUT2D eigenvalue weighted by Crippen LogP contribution is 2.35. The molecule has 0 spiro atoms. The number of hydrogen-bond acceptors (Lipinski definition) is 2. The zero-order valence-electron chi connectivity index (χ0n) is 10.4. The second kappa shape index (κ2) is 4.80. The van der Waals surface area contributed by atoms with Gasteiger partial charge in [0.1, 0.15) is 5.54 Å². The Labute approximate surface area is 106 Å². The summed E-state index contributed by atoms with van der Waals surface area (Å²) in [7, 11) is 0. The lowest BCUT2D eigenvalue weighted by Crippen LogP contribution is -2.43. The van der Waals surface area contributed by atoms with Gasteiger partial charge in [0.05, 0.1) is 0 Å². The molecule has 96 valence electrons. The van der Waals surface area contributed by atoms with Crippen LogP contribution in [-0.4, -0.2) is 22.5 Å². The van der Waals surface area contributed by atoms with Gasteiger partial charge >= 0.3 is 5.97 Å². The van der Waals surface area contributed by atoms with Crippen molar-refractivity contribution in [2.75, 3.05) is 0 Å². The molecule has 1 saturated carbocycles. The molecule has 1 aliphatic rings. The van der Waals surface area contributed by atoms with Crippen LogP contribution in [0, 0.1) is 6.92 Å². The zero-order chi connectivity index (χ0) is 13.2. The molecule has 0 heterocycles. The van der Waals surface area contributed by atoms with Crippen LogP contribution in [0.5, 0.6) is 0 Å². The van der Waals surface area contributed by atoms with Crippen LogP contribution in [0.2, 0.25) is 0 Å². The molecular weight excluding hydrogens is 230 g/mol. The number of hydrogen-bond donors (Lipinski definition) is 2. The van der Waals surface area contributed by atoms with E-state index in [2.05, 4.69) is 5.32 Å². The Bertz CT molecular complexity index is 478. The predicted octanol–water partition coefficient (Wildman–Crippen LogP) is 1.66. The molecule has 0 aromatic heterocycles. The molecule has 0 radical (unpaired) electrons. The van der Waals surface area contributed by atoms with Gasteiger partial charge in [0.2, 0.25) is 5.91 Å². The van der Waals surface area contributed by atoms with Crippen LogP contribution in [0.15, 0.2) is 24.3 Å². The Morgan fingerprint density at radius 3 is 2.67 bits per heavy atom. The maximum Gasteiger partial charge on any atom is 0.329 e. The molecule has 4 nitrogen and oxygen atoms in total. The summed E-state index contributed by atoms with van der Waals surface area (Å²) in [6.45, 7) is 2.01. The fraction of sp³-hybridized carbons (Fsp3) is 0.429. The van der Waals surface area contributed by atoms with E-state index in [1.54, 1.807) is 0 Å². The minimum Gasteiger partial charge on any atom is -0.480 e. The lowest BCUT2D eigenvalue weighted by atomic mass is 10.1. The molecule has 1 aromatic carbocycles. The van der Waals surface area contributed by atoms with Gasteiger partial charge in [-0.25, -0.2) is 4.79 Å². The first-order chi connectivity index (χ1) is 8.52. The van der Waals surface area contributed by atoms with Crippen molar-refractivity contribution in [2.24, 2.45) is 0 Å². The van der Waals surface area contributed by atoms with Crippen molar-refractivity contribution < 1.29 is 14.7 Å². The van der Waals surface area contributed by atoms with Crippen molar-refractivity contribution in [3.8, 4) is 0 Å². The quantitative estimate of drug-likeness (QED) is 0.831. The van der Waals surface area contributed by atoms with Gasteiger partial charge in [-0.15, -0.1) is 0 Å². The lowest BCUT2D eigenvalue weighted by molar-refractivity contribution is -0.143. The van der Waals surface area contributed by atoms with Crippen molar-refractivity contribution >= 4 is 11.9 Å². The number of carbonyl (C=O) groups excluding carboxylic acids is 1. The third-order valence-corrected chi connectivity index (χ3v) is 3.26. The number of carboxylic acid groups (broad SMARTS) is 1. The number of carbonyl (C=O) groups is 2. The first-order valence-electron chi connectivity index (χ1n) is 6.12. The molecule has 0 atom stereocenters. The van der Waals surface area contributed by atoms with Gasteiger partial charge in [-0.2, -0.15) is 0 Å². The monoisotopic (exact) mass is 247 g/mol. The number of aliphatic carboxylic acids is 1. The average molecular weight is 247 g/mol. The van der Waals surface area contributed by atoms with Crippen LogP contribution in [0.1, 0.15) is 30.4 Å². The van der Waals surface area contributed by atoms with Gasteiger partial charge in [0.25, 0.3) is 0 Å². The van der Waals surface area contributed by atoms with Gasteiger partial charge in [-0.05, 0) is 31.7 Å². The highest BCUT2D eigenvalue weighted by molar-refractivity contribution is 5.89. The molecule has 4 heteroatoms. The Balaban J connectivity index is 1.84. The number of rotatable bonds is 5. The van der Waals surface area contributed by atoms with Crippen LogP contribution >= 0.6 is 0 Å². The Morgan fingerprint density at radius 2 is 2.11 bits per heavy atom. The fourth-order valence-corrected chi connectivity index (χ4v) is 1.97. The second-order valence-electron chi connectivity index (χ2n) is 4.92. The molecule has 1 aliphatic carbocycles. The van der Waals surface area contributed by atoms with E-state index in [1.165, 1.54) is 0 Å². The molecule has 1 amide bonds. The van der Waals surface area contributed by atoms with Gasteiger partial charge < -0.3 is 10.4 Å². The van der Waals surface area contributed by atoms with Crippen molar-refractivity contribution in [3.63, 3.8) is 0 Å². The predicted molar refractivity (Wildman–Crippen MR) is 67.2 cm³/mol. The molecule has 0 bridgehead atoms. The normalized spacial score (nSPS) is 16.1. The van der Waals surface area contributed by atoms with E-state index in [9.17, 15) is 9.59 Å². The van der Waals surface area contributed by atoms with Gasteiger partial charge in [-0.3, -0.25) is 4.79 Å². The van der Waals surface area contributed by atoms with E-state index in [0.717, 1.165) is 11.1 Å². The van der Waals surface area contributed by atoms with E-state index in [1.807, 2.05) is 31.2 Å². The average Bonchev–Trinajstić information content (AvgIpc) is 3.08. The van der Waals surface area contributed by atoms with E-state index in [4.69, 9.17) is 5.11 Å². The number of nitrogens with one attached hydrogen (secondary N) is 1. The van der Waals surface area contributed by atoms with Crippen LogP contribution < -0.4 is 5.32 Å².